The van der Waals surface area contributed by atoms with Crippen LogP contribution < -0.4 is 26.6 Å². The number of likely N-dealkylation sites (tertiary alicyclic amines) is 1. The Morgan fingerprint density at radius 3 is 2.25 bits per heavy atom. The lowest BCUT2D eigenvalue weighted by molar-refractivity contribution is -0.122. The number of thiol groups is 1. The quantitative estimate of drug-likeness (QED) is 0.0455. The zero-order valence-electron chi connectivity index (χ0n) is 44.2. The van der Waals surface area contributed by atoms with E-state index in [2.05, 4.69) is 103 Å². The van der Waals surface area contributed by atoms with Crippen molar-refractivity contribution >= 4 is 66.8 Å². The molecule has 4 aromatic rings. The monoisotopic (exact) mass is 1030 g/mol. The van der Waals surface area contributed by atoms with E-state index in [1.165, 1.54) is 18.4 Å². The van der Waals surface area contributed by atoms with Crippen LogP contribution >= 0.6 is 24.4 Å². The fourth-order valence-corrected chi connectivity index (χ4v) is 9.21. The van der Waals surface area contributed by atoms with Crippen LogP contribution in [0.4, 0.5) is 16.4 Å². The SMILES string of the molecule is CC.CC(C)C(C)NC(=O)CCCS.CCc1ccc(COC(=O)N(CC)c2cc(C3(Cc4nncn4C)COC3)cc(N3Cc4c(SC)cc(CN5CCC[C@H](C)C5)cc4C3=O)n2)cc1.NC=O.NC=O. The van der Waals surface area contributed by atoms with Crippen LogP contribution in [0, 0.1) is 11.8 Å². The third-order valence-electron chi connectivity index (χ3n) is 12.7. The molecule has 2 fully saturated rings. The molecule has 0 aliphatic carbocycles. The summed E-state index contributed by atoms with van der Waals surface area (Å²) in [5.41, 5.74) is 13.9. The van der Waals surface area contributed by atoms with Gasteiger partial charge in [-0.3, -0.25) is 33.9 Å². The molecule has 0 radical (unpaired) electrons. The van der Waals surface area contributed by atoms with Gasteiger partial charge >= 0.3 is 6.09 Å². The van der Waals surface area contributed by atoms with Crippen LogP contribution in [0.5, 0.6) is 0 Å². The second kappa shape index (κ2) is 31.2. The van der Waals surface area contributed by atoms with E-state index in [-0.39, 0.29) is 37.3 Å². The lowest BCUT2D eigenvalue weighted by atomic mass is 9.75. The Morgan fingerprint density at radius 1 is 1.04 bits per heavy atom. The number of ether oxygens (including phenoxy) is 2. The van der Waals surface area contributed by atoms with Gasteiger partial charge in [-0.05, 0) is 122 Å². The number of nitrogens with zero attached hydrogens (tertiary/aromatic N) is 7. The molecule has 2 aromatic carbocycles. The van der Waals surface area contributed by atoms with E-state index in [0.717, 1.165) is 76.8 Å². The average Bonchev–Trinajstić information content (AvgIpc) is 3.93. The third kappa shape index (κ3) is 17.3. The number of benzene rings is 2. The van der Waals surface area contributed by atoms with E-state index in [1.54, 1.807) is 27.9 Å². The first-order valence-corrected chi connectivity index (χ1v) is 26.9. The van der Waals surface area contributed by atoms with Gasteiger partial charge in [0.1, 0.15) is 30.4 Å². The molecule has 17 nitrogen and oxygen atoms in total. The highest BCUT2D eigenvalue weighted by molar-refractivity contribution is 7.98. The summed E-state index contributed by atoms with van der Waals surface area (Å²) in [6.07, 6.45) is 9.23. The number of primary amides is 2. The highest BCUT2D eigenvalue weighted by Crippen LogP contribution is 2.41. The number of piperidine rings is 1. The molecule has 2 aromatic heterocycles. The molecule has 0 bridgehead atoms. The van der Waals surface area contributed by atoms with Crippen LogP contribution in [0.2, 0.25) is 0 Å². The molecule has 72 heavy (non-hydrogen) atoms. The standard InChI is InChI=1S/C40H49N7O4S.C9H19NOS.C2H6.2CH3NO/c1-6-28-10-12-29(13-11-28)23-51-39(49)46(7-2)35-17-31(40(24-50-25-40)19-37-43-41-26-44(37)4)18-36(42-35)47-22-33-32(38(47)48)15-30(16-34(33)52-5)21-45-14-8-9-27(3)20-45;1-7(2)8(3)10-9(11)5-4-6-12;1-2;2*2-1-3/h10-13,15-18,26-27H,6-9,14,19-25H2,1-5H3;7-8,12H,4-6H2,1-3H3,(H,10,11);1-2H3;2*1H,(H2,2,3)/t27-;;;;/m0..../s1. The molecule has 5 amide bonds. The van der Waals surface area contributed by atoms with Crippen LogP contribution in [0.15, 0.2) is 59.8 Å². The highest BCUT2D eigenvalue weighted by Gasteiger charge is 2.44. The predicted octanol–water partition coefficient (Wildman–Crippen LogP) is 7.65. The number of aryl methyl sites for hydroxylation is 2. The number of nitrogens with one attached hydrogen (secondary N) is 1. The fourth-order valence-electron chi connectivity index (χ4n) is 8.36. The zero-order chi connectivity index (χ0) is 53.4. The fraction of sp³-hybridized carbons (Fsp3) is 0.547. The summed E-state index contributed by atoms with van der Waals surface area (Å²) in [4.78, 5) is 68.4. The lowest BCUT2D eigenvalue weighted by Crippen LogP contribution is -2.49. The number of pyridine rings is 1. The minimum Gasteiger partial charge on any atom is -0.444 e. The van der Waals surface area contributed by atoms with E-state index in [1.807, 2.05) is 63.6 Å². The zero-order valence-corrected chi connectivity index (χ0v) is 45.9. The molecule has 2 atom stereocenters. The molecule has 0 spiro atoms. The van der Waals surface area contributed by atoms with E-state index in [0.29, 0.717) is 62.6 Å². The minimum absolute atomic E-state index is 0.0804. The number of fused-ring (bicyclic) bond motifs is 1. The van der Waals surface area contributed by atoms with Crippen molar-refractivity contribution in [1.82, 2.24) is 30.0 Å². The number of rotatable bonds is 17. The maximum atomic E-state index is 14.4. The molecule has 19 heteroatoms. The van der Waals surface area contributed by atoms with Gasteiger partial charge in [-0.15, -0.1) is 22.0 Å². The summed E-state index contributed by atoms with van der Waals surface area (Å²) in [7, 11) is 1.93. The number of hydrogen-bond acceptors (Lipinski definition) is 13. The summed E-state index contributed by atoms with van der Waals surface area (Å²) in [5, 5.41) is 11.4. The summed E-state index contributed by atoms with van der Waals surface area (Å²) >= 11 is 5.72. The molecular weight excluding hydrogens is 953 g/mol. The van der Waals surface area contributed by atoms with Gasteiger partial charge in [0.15, 0.2) is 0 Å². The number of anilines is 2. The Bertz CT molecular complexity index is 2320. The average molecular weight is 1030 g/mol. The first-order chi connectivity index (χ1) is 34.6. The molecule has 3 aliphatic rings. The van der Waals surface area contributed by atoms with Crippen molar-refractivity contribution in [2.45, 2.75) is 130 Å². The lowest BCUT2D eigenvalue weighted by Gasteiger charge is -2.42. The topological polar surface area (TPSA) is 221 Å². The van der Waals surface area contributed by atoms with Crippen LogP contribution in [0.25, 0.3) is 0 Å². The Morgan fingerprint density at radius 2 is 1.71 bits per heavy atom. The number of amides is 5. The number of nitrogens with two attached hydrogens (primary N) is 2. The van der Waals surface area contributed by atoms with Crippen molar-refractivity contribution in [3.63, 3.8) is 0 Å². The van der Waals surface area contributed by atoms with Gasteiger partial charge in [0, 0.05) is 61.4 Å². The summed E-state index contributed by atoms with van der Waals surface area (Å²) in [5.74, 6) is 3.78. The van der Waals surface area contributed by atoms with Gasteiger partial charge in [0.2, 0.25) is 18.7 Å². The Kier molecular flexibility index (Phi) is 26.3. The van der Waals surface area contributed by atoms with Crippen LogP contribution in [0.3, 0.4) is 0 Å². The number of carbonyl (C=O) groups excluding carboxylic acids is 5. The van der Waals surface area contributed by atoms with Crippen molar-refractivity contribution in [2.75, 3.05) is 54.7 Å². The van der Waals surface area contributed by atoms with E-state index >= 15 is 0 Å². The van der Waals surface area contributed by atoms with Gasteiger partial charge in [0.25, 0.3) is 5.91 Å². The van der Waals surface area contributed by atoms with Crippen molar-refractivity contribution in [3.05, 3.63) is 94.1 Å². The van der Waals surface area contributed by atoms with E-state index in [4.69, 9.17) is 24.0 Å². The Hall–Kier alpha value is -5.50. The first kappa shape index (κ1) is 60.8. The second-order valence-corrected chi connectivity index (χ2v) is 19.5. The maximum absolute atomic E-state index is 14.4. The van der Waals surface area contributed by atoms with Crippen molar-refractivity contribution < 1.29 is 33.4 Å². The summed E-state index contributed by atoms with van der Waals surface area (Å²) < 4.78 is 13.6. The third-order valence-corrected chi connectivity index (χ3v) is 13.9. The first-order valence-electron chi connectivity index (χ1n) is 25.0. The second-order valence-electron chi connectivity index (χ2n) is 18.2. The molecule has 7 rings (SSSR count). The Balaban J connectivity index is 0.000000584. The molecule has 5 heterocycles. The number of thioether (sulfide) groups is 1. The largest absolute Gasteiger partial charge is 0.444 e. The molecule has 1 unspecified atom stereocenters. The van der Waals surface area contributed by atoms with Gasteiger partial charge < -0.3 is 30.8 Å². The van der Waals surface area contributed by atoms with Gasteiger partial charge in [-0.1, -0.05) is 65.8 Å². The van der Waals surface area contributed by atoms with E-state index < -0.39 is 11.5 Å². The summed E-state index contributed by atoms with van der Waals surface area (Å²) in [6.45, 7) is 21.4. The van der Waals surface area contributed by atoms with Crippen LogP contribution in [-0.4, -0.2) is 106 Å². The number of carbonyl (C=O) groups is 5. The summed E-state index contributed by atoms with van der Waals surface area (Å²) in [6, 6.07) is 16.6. The van der Waals surface area contributed by atoms with E-state index in [9.17, 15) is 14.4 Å². The van der Waals surface area contributed by atoms with Crippen LogP contribution in [0.1, 0.15) is 125 Å². The highest BCUT2D eigenvalue weighted by atomic mass is 32.2. The molecule has 5 N–H and O–H groups in total. The maximum Gasteiger partial charge on any atom is 0.415 e. The Labute approximate surface area is 437 Å². The minimum atomic E-state index is -0.498. The van der Waals surface area contributed by atoms with Crippen molar-refractivity contribution in [2.24, 2.45) is 30.4 Å². The van der Waals surface area contributed by atoms with Crippen molar-refractivity contribution in [1.29, 1.82) is 0 Å². The number of hydrogen-bond donors (Lipinski definition) is 4. The molecule has 0 saturated carbocycles. The smallest absolute Gasteiger partial charge is 0.415 e. The van der Waals surface area contributed by atoms with Gasteiger partial charge in [-0.25, -0.2) is 9.78 Å². The van der Waals surface area contributed by atoms with Gasteiger partial charge in [-0.2, -0.15) is 12.6 Å². The number of aromatic nitrogens is 4. The molecular formula is C53H80N10O7S2. The molecule has 2 saturated heterocycles. The normalized spacial score (nSPS) is 15.8. The molecule has 396 valence electrons. The van der Waals surface area contributed by atoms with Crippen LogP contribution in [-0.2, 0) is 68.9 Å². The predicted molar refractivity (Wildman–Crippen MR) is 290 cm³/mol. The molecule has 3 aliphatic heterocycles. The van der Waals surface area contributed by atoms with Crippen molar-refractivity contribution in [3.8, 4) is 0 Å². The van der Waals surface area contributed by atoms with Gasteiger partial charge in [0.05, 0.1) is 19.8 Å².